The number of anilines is 1. The van der Waals surface area contributed by atoms with E-state index in [-0.39, 0.29) is 5.91 Å². The number of hydrogen-bond acceptors (Lipinski definition) is 4. The lowest BCUT2D eigenvalue weighted by atomic mass is 10.1. The molecule has 0 spiro atoms. The number of fused-ring (bicyclic) bond motifs is 3. The number of methoxy groups -OCH3 is 1. The number of carbonyl (C=O) groups excluding carboxylic acids is 1. The molecule has 0 saturated heterocycles. The molecule has 4 nitrogen and oxygen atoms in total. The third-order valence-corrected chi connectivity index (χ3v) is 5.04. The minimum Gasteiger partial charge on any atom is -0.497 e. The smallest absolute Gasteiger partial charge is 0.230 e. The van der Waals surface area contributed by atoms with Gasteiger partial charge in [0, 0.05) is 16.9 Å². The van der Waals surface area contributed by atoms with E-state index in [1.807, 2.05) is 36.4 Å². The van der Waals surface area contributed by atoms with Gasteiger partial charge >= 0.3 is 0 Å². The van der Waals surface area contributed by atoms with Gasteiger partial charge in [0.2, 0.25) is 5.91 Å². The van der Waals surface area contributed by atoms with Crippen molar-refractivity contribution < 1.29 is 9.53 Å². The second kappa shape index (κ2) is 6.09. The third-order valence-electron chi connectivity index (χ3n) is 4.07. The van der Waals surface area contributed by atoms with Crippen LogP contribution in [0.1, 0.15) is 16.0 Å². The van der Waals surface area contributed by atoms with E-state index in [9.17, 15) is 4.79 Å². The van der Waals surface area contributed by atoms with Crippen molar-refractivity contribution >= 4 is 22.4 Å². The van der Waals surface area contributed by atoms with Crippen molar-refractivity contribution in [2.24, 2.45) is 0 Å². The first-order valence-corrected chi connectivity index (χ1v) is 8.55. The third kappa shape index (κ3) is 2.78. The van der Waals surface area contributed by atoms with Crippen LogP contribution >= 0.6 is 11.3 Å². The molecule has 5 heteroatoms. The van der Waals surface area contributed by atoms with Crippen LogP contribution in [0.5, 0.6) is 5.75 Å². The standard InChI is InChI=1S/C19H16N2O2S/c1-23-14-7-4-5-12(9-14)10-17(22)20-19-21-18-15-8-3-2-6-13(15)11-16(18)24-19/h2-9H,10-11H2,1H3,(H,20,21,22). The van der Waals surface area contributed by atoms with Gasteiger partial charge in [0.15, 0.2) is 5.13 Å². The monoisotopic (exact) mass is 336 g/mol. The molecule has 0 atom stereocenters. The molecule has 2 aromatic carbocycles. The quantitative estimate of drug-likeness (QED) is 0.615. The number of benzene rings is 2. The summed E-state index contributed by atoms with van der Waals surface area (Å²) in [7, 11) is 1.62. The number of rotatable bonds is 4. The summed E-state index contributed by atoms with van der Waals surface area (Å²) in [6.45, 7) is 0. The number of carbonyl (C=O) groups is 1. The van der Waals surface area contributed by atoms with E-state index in [0.717, 1.165) is 23.4 Å². The number of ether oxygens (including phenoxy) is 1. The van der Waals surface area contributed by atoms with Gasteiger partial charge < -0.3 is 10.1 Å². The van der Waals surface area contributed by atoms with Crippen LogP contribution in [0.3, 0.4) is 0 Å². The van der Waals surface area contributed by atoms with Gasteiger partial charge in [0.05, 0.1) is 19.2 Å². The molecule has 0 saturated carbocycles. The molecule has 1 amide bonds. The summed E-state index contributed by atoms with van der Waals surface area (Å²) in [6.07, 6.45) is 1.20. The average molecular weight is 336 g/mol. The van der Waals surface area contributed by atoms with Gasteiger partial charge in [-0.3, -0.25) is 4.79 Å². The first-order valence-electron chi connectivity index (χ1n) is 7.73. The van der Waals surface area contributed by atoms with Crippen LogP contribution in [0.25, 0.3) is 11.3 Å². The largest absolute Gasteiger partial charge is 0.497 e. The Balaban J connectivity index is 1.48. The number of aromatic nitrogens is 1. The Labute approximate surface area is 144 Å². The minimum absolute atomic E-state index is 0.0658. The zero-order chi connectivity index (χ0) is 16.5. The Morgan fingerprint density at radius 2 is 2.12 bits per heavy atom. The normalized spacial score (nSPS) is 11.7. The average Bonchev–Trinajstić information content (AvgIpc) is 3.12. The van der Waals surface area contributed by atoms with Crippen LogP contribution in [0.4, 0.5) is 5.13 Å². The SMILES string of the molecule is COc1cccc(CC(=O)Nc2nc3c(s2)Cc2ccccc2-3)c1. The number of hydrogen-bond donors (Lipinski definition) is 1. The zero-order valence-electron chi connectivity index (χ0n) is 13.2. The summed E-state index contributed by atoms with van der Waals surface area (Å²) in [5, 5.41) is 3.58. The zero-order valence-corrected chi connectivity index (χ0v) is 14.0. The summed E-state index contributed by atoms with van der Waals surface area (Å²) in [4.78, 5) is 18.1. The predicted molar refractivity (Wildman–Crippen MR) is 95.7 cm³/mol. The summed E-state index contributed by atoms with van der Waals surface area (Å²) in [6, 6.07) is 15.8. The Morgan fingerprint density at radius 3 is 3.00 bits per heavy atom. The first-order chi connectivity index (χ1) is 11.7. The molecule has 0 radical (unpaired) electrons. The fourth-order valence-corrected chi connectivity index (χ4v) is 3.96. The van der Waals surface area contributed by atoms with E-state index in [0.29, 0.717) is 11.6 Å². The van der Waals surface area contributed by atoms with E-state index in [4.69, 9.17) is 4.74 Å². The van der Waals surface area contributed by atoms with Crippen molar-refractivity contribution in [3.8, 4) is 17.0 Å². The van der Waals surface area contributed by atoms with Crippen molar-refractivity contribution in [1.82, 2.24) is 4.98 Å². The van der Waals surface area contributed by atoms with Crippen LogP contribution in [0, 0.1) is 0 Å². The van der Waals surface area contributed by atoms with Crippen molar-refractivity contribution in [2.75, 3.05) is 12.4 Å². The summed E-state index contributed by atoms with van der Waals surface area (Å²) >= 11 is 1.56. The fraction of sp³-hybridized carbons (Fsp3) is 0.158. The molecule has 1 aromatic heterocycles. The molecule has 0 bridgehead atoms. The Morgan fingerprint density at radius 1 is 1.25 bits per heavy atom. The van der Waals surface area contributed by atoms with Gasteiger partial charge in [0.1, 0.15) is 5.75 Å². The van der Waals surface area contributed by atoms with Crippen LogP contribution in [-0.4, -0.2) is 18.0 Å². The lowest BCUT2D eigenvalue weighted by Gasteiger charge is -2.05. The number of nitrogens with zero attached hydrogens (tertiary/aromatic N) is 1. The number of nitrogens with one attached hydrogen (secondary N) is 1. The van der Waals surface area contributed by atoms with Crippen molar-refractivity contribution in [1.29, 1.82) is 0 Å². The topological polar surface area (TPSA) is 51.2 Å². The summed E-state index contributed by atoms with van der Waals surface area (Å²) in [5.41, 5.74) is 4.41. The van der Waals surface area contributed by atoms with E-state index in [1.165, 1.54) is 16.0 Å². The highest BCUT2D eigenvalue weighted by molar-refractivity contribution is 7.16. The van der Waals surface area contributed by atoms with Gasteiger partial charge in [-0.05, 0) is 23.3 Å². The molecule has 0 fully saturated rings. The highest BCUT2D eigenvalue weighted by Crippen LogP contribution is 2.40. The van der Waals surface area contributed by atoms with E-state index >= 15 is 0 Å². The maximum Gasteiger partial charge on any atom is 0.230 e. The number of thiazole rings is 1. The summed E-state index contributed by atoms with van der Waals surface area (Å²) < 4.78 is 5.19. The second-order valence-electron chi connectivity index (χ2n) is 5.70. The molecule has 1 aliphatic carbocycles. The minimum atomic E-state index is -0.0658. The molecule has 4 rings (SSSR count). The molecule has 0 unspecified atom stereocenters. The Bertz CT molecular complexity index is 917. The van der Waals surface area contributed by atoms with Gasteiger partial charge in [-0.15, -0.1) is 11.3 Å². The molecule has 24 heavy (non-hydrogen) atoms. The predicted octanol–water partition coefficient (Wildman–Crippen LogP) is 3.90. The first kappa shape index (κ1) is 14.9. The molecule has 1 N–H and O–H groups in total. The molecule has 1 heterocycles. The maximum absolute atomic E-state index is 12.3. The van der Waals surface area contributed by atoms with Crippen LogP contribution < -0.4 is 10.1 Å². The molecular weight excluding hydrogens is 320 g/mol. The van der Waals surface area contributed by atoms with Crippen molar-refractivity contribution in [3.63, 3.8) is 0 Å². The van der Waals surface area contributed by atoms with Gasteiger partial charge in [-0.1, -0.05) is 36.4 Å². The Kier molecular flexibility index (Phi) is 3.78. The molecule has 1 aliphatic rings. The molecule has 120 valence electrons. The van der Waals surface area contributed by atoms with Gasteiger partial charge in [-0.2, -0.15) is 0 Å². The van der Waals surface area contributed by atoms with E-state index in [1.54, 1.807) is 18.4 Å². The molecular formula is C19H16N2O2S. The molecule has 0 aliphatic heterocycles. The van der Waals surface area contributed by atoms with Crippen molar-refractivity contribution in [2.45, 2.75) is 12.8 Å². The van der Waals surface area contributed by atoms with Crippen LogP contribution in [0.15, 0.2) is 48.5 Å². The lowest BCUT2D eigenvalue weighted by Crippen LogP contribution is -2.14. The van der Waals surface area contributed by atoms with Gasteiger partial charge in [-0.25, -0.2) is 4.98 Å². The van der Waals surface area contributed by atoms with E-state index < -0.39 is 0 Å². The highest BCUT2D eigenvalue weighted by Gasteiger charge is 2.23. The fourth-order valence-electron chi connectivity index (χ4n) is 2.95. The highest BCUT2D eigenvalue weighted by atomic mass is 32.1. The Hall–Kier alpha value is -2.66. The summed E-state index contributed by atoms with van der Waals surface area (Å²) in [5.74, 6) is 0.689. The molecule has 3 aromatic rings. The maximum atomic E-state index is 12.3. The second-order valence-corrected chi connectivity index (χ2v) is 6.78. The van der Waals surface area contributed by atoms with Crippen LogP contribution in [-0.2, 0) is 17.6 Å². The van der Waals surface area contributed by atoms with Gasteiger partial charge in [0.25, 0.3) is 0 Å². The van der Waals surface area contributed by atoms with Crippen LogP contribution in [0.2, 0.25) is 0 Å². The van der Waals surface area contributed by atoms with E-state index in [2.05, 4.69) is 22.4 Å². The lowest BCUT2D eigenvalue weighted by molar-refractivity contribution is -0.115. The number of amides is 1. The van der Waals surface area contributed by atoms with Crippen molar-refractivity contribution in [3.05, 3.63) is 64.5 Å².